The summed E-state index contributed by atoms with van der Waals surface area (Å²) in [6.07, 6.45) is 0.00411. The highest BCUT2D eigenvalue weighted by atomic mass is 16.5. The number of aliphatic hydroxyl groups is 1. The fraction of sp³-hybridized carbons (Fsp3) is 0.500. The molecule has 104 valence electrons. The van der Waals surface area contributed by atoms with E-state index >= 15 is 0 Å². The number of primary amides is 1. The molecule has 1 aliphatic rings. The molecule has 2 atom stereocenters. The maximum atomic E-state index is 11.0. The number of amides is 1. The van der Waals surface area contributed by atoms with Crippen LogP contribution in [0.5, 0.6) is 0 Å². The van der Waals surface area contributed by atoms with E-state index in [0.29, 0.717) is 5.56 Å². The average molecular weight is 264 g/mol. The molecule has 0 aliphatic carbocycles. The van der Waals surface area contributed by atoms with Crippen LogP contribution in [0.3, 0.4) is 0 Å². The molecule has 2 unspecified atom stereocenters. The molecule has 1 aliphatic heterocycles. The summed E-state index contributed by atoms with van der Waals surface area (Å²) in [4.78, 5) is 13.2. The number of rotatable bonds is 4. The first-order valence-corrected chi connectivity index (χ1v) is 6.46. The molecule has 5 heteroatoms. The first-order chi connectivity index (χ1) is 9.08. The molecule has 0 bridgehead atoms. The lowest BCUT2D eigenvalue weighted by molar-refractivity contribution is -0.0972. The molecule has 1 fully saturated rings. The molecule has 1 amide bonds. The molecule has 19 heavy (non-hydrogen) atoms. The maximum Gasteiger partial charge on any atom is 0.248 e. The zero-order valence-electron chi connectivity index (χ0n) is 11.1. The van der Waals surface area contributed by atoms with E-state index in [1.807, 2.05) is 19.1 Å². The van der Waals surface area contributed by atoms with E-state index in [2.05, 4.69) is 4.90 Å². The van der Waals surface area contributed by atoms with Gasteiger partial charge in [-0.15, -0.1) is 0 Å². The molecule has 1 heterocycles. The van der Waals surface area contributed by atoms with Crippen LogP contribution in [0.15, 0.2) is 24.3 Å². The van der Waals surface area contributed by atoms with Crippen LogP contribution in [0.4, 0.5) is 0 Å². The Balaban J connectivity index is 1.98. The molecule has 5 nitrogen and oxygen atoms in total. The Morgan fingerprint density at radius 3 is 2.68 bits per heavy atom. The second kappa shape index (κ2) is 6.14. The Labute approximate surface area is 113 Å². The molecule has 3 N–H and O–H groups in total. The average Bonchev–Trinajstić information content (AvgIpc) is 2.38. The number of morpholine rings is 1. The zero-order valence-corrected chi connectivity index (χ0v) is 11.1. The van der Waals surface area contributed by atoms with Gasteiger partial charge in [0.1, 0.15) is 0 Å². The van der Waals surface area contributed by atoms with Crippen molar-refractivity contribution in [3.63, 3.8) is 0 Å². The Morgan fingerprint density at radius 2 is 2.11 bits per heavy atom. The minimum Gasteiger partial charge on any atom is -0.394 e. The van der Waals surface area contributed by atoms with E-state index < -0.39 is 5.91 Å². The Hall–Kier alpha value is -1.43. The minimum atomic E-state index is -0.410. The van der Waals surface area contributed by atoms with Crippen LogP contribution in [-0.4, -0.2) is 47.8 Å². The fourth-order valence-electron chi connectivity index (χ4n) is 2.40. The predicted octanol–water partition coefficient (Wildman–Crippen LogP) is 0.367. The van der Waals surface area contributed by atoms with Gasteiger partial charge in [-0.05, 0) is 24.6 Å². The van der Waals surface area contributed by atoms with Crippen LogP contribution in [0.2, 0.25) is 0 Å². The summed E-state index contributed by atoms with van der Waals surface area (Å²) < 4.78 is 5.60. The fourth-order valence-corrected chi connectivity index (χ4v) is 2.40. The van der Waals surface area contributed by atoms with Gasteiger partial charge in [0, 0.05) is 25.2 Å². The van der Waals surface area contributed by atoms with Crippen molar-refractivity contribution in [2.24, 2.45) is 5.73 Å². The molecular formula is C14H20N2O3. The van der Waals surface area contributed by atoms with Crippen molar-refractivity contribution in [2.75, 3.05) is 19.7 Å². The molecule has 0 saturated carbocycles. The van der Waals surface area contributed by atoms with Gasteiger partial charge in [-0.2, -0.15) is 0 Å². The molecule has 1 aromatic carbocycles. The highest BCUT2D eigenvalue weighted by Crippen LogP contribution is 2.14. The predicted molar refractivity (Wildman–Crippen MR) is 71.7 cm³/mol. The quantitative estimate of drug-likeness (QED) is 0.823. The molecule has 0 aromatic heterocycles. The lowest BCUT2D eigenvalue weighted by atomic mass is 10.1. The summed E-state index contributed by atoms with van der Waals surface area (Å²) >= 11 is 0. The third kappa shape index (κ3) is 3.76. The number of hydrogen-bond donors (Lipinski definition) is 2. The Kier molecular flexibility index (Phi) is 4.52. The number of carbonyl (C=O) groups is 1. The lowest BCUT2D eigenvalue weighted by Crippen LogP contribution is -2.47. The van der Waals surface area contributed by atoms with Crippen molar-refractivity contribution in [1.82, 2.24) is 4.90 Å². The summed E-state index contributed by atoms with van der Waals surface area (Å²) in [5, 5.41) is 9.19. The van der Waals surface area contributed by atoms with Crippen molar-refractivity contribution in [2.45, 2.75) is 25.7 Å². The molecule has 1 aromatic rings. The van der Waals surface area contributed by atoms with E-state index in [0.717, 1.165) is 25.2 Å². The monoisotopic (exact) mass is 264 g/mol. The van der Waals surface area contributed by atoms with E-state index in [4.69, 9.17) is 10.5 Å². The van der Waals surface area contributed by atoms with Crippen LogP contribution in [-0.2, 0) is 11.3 Å². The van der Waals surface area contributed by atoms with Gasteiger partial charge in [0.05, 0.1) is 18.8 Å². The number of hydrogen-bond acceptors (Lipinski definition) is 4. The largest absolute Gasteiger partial charge is 0.394 e. The van der Waals surface area contributed by atoms with Gasteiger partial charge in [-0.1, -0.05) is 12.1 Å². The first kappa shape index (κ1) is 14.0. The minimum absolute atomic E-state index is 0.0431. The lowest BCUT2D eigenvalue weighted by Gasteiger charge is -2.36. The van der Waals surface area contributed by atoms with Crippen LogP contribution >= 0.6 is 0 Å². The number of ether oxygens (including phenoxy) is 1. The topological polar surface area (TPSA) is 75.8 Å². The first-order valence-electron chi connectivity index (χ1n) is 6.46. The van der Waals surface area contributed by atoms with Crippen LogP contribution in [0.1, 0.15) is 22.8 Å². The molecular weight excluding hydrogens is 244 g/mol. The van der Waals surface area contributed by atoms with E-state index in [9.17, 15) is 9.90 Å². The van der Waals surface area contributed by atoms with Gasteiger partial charge < -0.3 is 15.6 Å². The standard InChI is InChI=1S/C14H20N2O3/c1-10-6-16(8-13(9-17)19-10)7-11-2-4-12(5-3-11)14(15)18/h2-5,10,13,17H,6-9H2,1H3,(H2,15,18). The summed E-state index contributed by atoms with van der Waals surface area (Å²) in [6.45, 7) is 4.39. The highest BCUT2D eigenvalue weighted by molar-refractivity contribution is 5.92. The molecule has 0 spiro atoms. The van der Waals surface area contributed by atoms with Gasteiger partial charge in [-0.25, -0.2) is 0 Å². The van der Waals surface area contributed by atoms with Crippen molar-refractivity contribution < 1.29 is 14.6 Å². The smallest absolute Gasteiger partial charge is 0.248 e. The summed E-state index contributed by atoms with van der Waals surface area (Å²) in [5.74, 6) is -0.410. The van der Waals surface area contributed by atoms with Crippen molar-refractivity contribution >= 4 is 5.91 Å². The number of benzene rings is 1. The van der Waals surface area contributed by atoms with Gasteiger partial charge in [-0.3, -0.25) is 9.69 Å². The Bertz CT molecular complexity index is 433. The molecule has 2 rings (SSSR count). The van der Waals surface area contributed by atoms with E-state index in [-0.39, 0.29) is 18.8 Å². The van der Waals surface area contributed by atoms with Crippen LogP contribution in [0, 0.1) is 0 Å². The number of carbonyl (C=O) groups excluding carboxylic acids is 1. The van der Waals surface area contributed by atoms with Crippen molar-refractivity contribution in [3.05, 3.63) is 35.4 Å². The Morgan fingerprint density at radius 1 is 1.42 bits per heavy atom. The highest BCUT2D eigenvalue weighted by Gasteiger charge is 2.24. The van der Waals surface area contributed by atoms with Crippen LogP contribution in [0.25, 0.3) is 0 Å². The molecule has 1 saturated heterocycles. The van der Waals surface area contributed by atoms with Crippen LogP contribution < -0.4 is 5.73 Å². The normalized spacial score (nSPS) is 24.3. The summed E-state index contributed by atoms with van der Waals surface area (Å²) in [5.41, 5.74) is 6.85. The summed E-state index contributed by atoms with van der Waals surface area (Å²) in [6, 6.07) is 7.30. The second-order valence-corrected chi connectivity index (χ2v) is 5.01. The zero-order chi connectivity index (χ0) is 13.8. The maximum absolute atomic E-state index is 11.0. The van der Waals surface area contributed by atoms with E-state index in [1.54, 1.807) is 12.1 Å². The number of aliphatic hydroxyl groups excluding tert-OH is 1. The van der Waals surface area contributed by atoms with Crippen molar-refractivity contribution in [1.29, 1.82) is 0 Å². The third-order valence-corrected chi connectivity index (χ3v) is 3.25. The number of nitrogens with zero attached hydrogens (tertiary/aromatic N) is 1. The van der Waals surface area contributed by atoms with Gasteiger partial charge in [0.2, 0.25) is 5.91 Å². The van der Waals surface area contributed by atoms with Gasteiger partial charge >= 0.3 is 0 Å². The number of nitrogens with two attached hydrogens (primary N) is 1. The molecule has 0 radical (unpaired) electrons. The van der Waals surface area contributed by atoms with Gasteiger partial charge in [0.25, 0.3) is 0 Å². The van der Waals surface area contributed by atoms with E-state index in [1.165, 1.54) is 0 Å². The van der Waals surface area contributed by atoms with Crippen molar-refractivity contribution in [3.8, 4) is 0 Å². The third-order valence-electron chi connectivity index (χ3n) is 3.25. The summed E-state index contributed by atoms with van der Waals surface area (Å²) in [7, 11) is 0. The second-order valence-electron chi connectivity index (χ2n) is 5.01. The van der Waals surface area contributed by atoms with Gasteiger partial charge in [0.15, 0.2) is 0 Å². The SMILES string of the molecule is CC1CN(Cc2ccc(C(N)=O)cc2)CC(CO)O1.